The maximum absolute atomic E-state index is 11.6. The molecule has 1 aromatic rings. The van der Waals surface area contributed by atoms with E-state index in [1.807, 2.05) is 49.9 Å². The van der Waals surface area contributed by atoms with E-state index >= 15 is 0 Å². The summed E-state index contributed by atoms with van der Waals surface area (Å²) in [5.74, 6) is 0.0835. The van der Waals surface area contributed by atoms with Crippen LogP contribution in [0.4, 0.5) is 0 Å². The molecule has 1 rings (SSSR count). The van der Waals surface area contributed by atoms with Crippen molar-refractivity contribution < 1.29 is 9.53 Å². The first-order valence-electron chi connectivity index (χ1n) is 4.96. The fraction of sp³-hybridized carbons (Fsp3) is 0.545. The number of hydrogen-bond acceptors (Lipinski definition) is 2. The Labute approximate surface area is 84.7 Å². The second kappa shape index (κ2) is 4.84. The topological polar surface area (TPSA) is 31.2 Å². The first-order chi connectivity index (χ1) is 6.66. The largest absolute Gasteiger partial charge is 0.464 e. The lowest BCUT2D eigenvalue weighted by molar-refractivity contribution is -0.148. The minimum absolute atomic E-state index is 0.154. The number of aromatic nitrogens is 1. The van der Waals surface area contributed by atoms with E-state index in [1.54, 1.807) is 0 Å². The molecule has 3 heteroatoms. The zero-order valence-electron chi connectivity index (χ0n) is 8.93. The van der Waals surface area contributed by atoms with Crippen LogP contribution in [0.5, 0.6) is 0 Å². The van der Waals surface area contributed by atoms with Crippen molar-refractivity contribution in [3.05, 3.63) is 24.5 Å². The van der Waals surface area contributed by atoms with Crippen LogP contribution in [0.2, 0.25) is 0 Å². The van der Waals surface area contributed by atoms with Crippen molar-refractivity contribution in [3.8, 4) is 0 Å². The molecule has 3 nitrogen and oxygen atoms in total. The summed E-state index contributed by atoms with van der Waals surface area (Å²) in [6, 6.07) is 3.62. The van der Waals surface area contributed by atoms with Crippen LogP contribution in [-0.2, 0) is 9.53 Å². The molecule has 1 atom stereocenters. The molecule has 0 saturated carbocycles. The van der Waals surface area contributed by atoms with Gasteiger partial charge < -0.3 is 9.30 Å². The molecular formula is C11H17NO2. The molecule has 0 aliphatic carbocycles. The number of carbonyl (C=O) groups is 1. The molecule has 0 aromatic carbocycles. The van der Waals surface area contributed by atoms with Crippen LogP contribution in [0.3, 0.4) is 0 Å². The van der Waals surface area contributed by atoms with E-state index in [4.69, 9.17) is 4.74 Å². The van der Waals surface area contributed by atoms with Gasteiger partial charge in [-0.25, -0.2) is 4.79 Å². The SMILES string of the molecule is CCOC(=O)[C@@H](C(C)C)n1cccc1. The lowest BCUT2D eigenvalue weighted by Gasteiger charge is -2.20. The van der Waals surface area contributed by atoms with Gasteiger partial charge in [0.25, 0.3) is 0 Å². The van der Waals surface area contributed by atoms with Gasteiger partial charge in [-0.1, -0.05) is 13.8 Å². The summed E-state index contributed by atoms with van der Waals surface area (Å²) in [4.78, 5) is 11.6. The Morgan fingerprint density at radius 3 is 2.36 bits per heavy atom. The number of carbonyl (C=O) groups excluding carboxylic acids is 1. The Morgan fingerprint density at radius 1 is 1.36 bits per heavy atom. The molecular weight excluding hydrogens is 178 g/mol. The normalized spacial score (nSPS) is 12.9. The van der Waals surface area contributed by atoms with E-state index in [2.05, 4.69) is 0 Å². The number of nitrogens with zero attached hydrogens (tertiary/aromatic N) is 1. The molecule has 14 heavy (non-hydrogen) atoms. The summed E-state index contributed by atoms with van der Waals surface area (Å²) < 4.78 is 6.92. The predicted octanol–water partition coefficient (Wildman–Crippen LogP) is 2.25. The summed E-state index contributed by atoms with van der Waals surface area (Å²) in [6.45, 7) is 6.29. The molecule has 78 valence electrons. The van der Waals surface area contributed by atoms with Crippen LogP contribution in [-0.4, -0.2) is 17.1 Å². The third kappa shape index (κ3) is 2.37. The van der Waals surface area contributed by atoms with E-state index in [1.165, 1.54) is 0 Å². The zero-order chi connectivity index (χ0) is 10.6. The summed E-state index contributed by atoms with van der Waals surface area (Å²) in [7, 11) is 0. The summed E-state index contributed by atoms with van der Waals surface area (Å²) in [5, 5.41) is 0. The highest BCUT2D eigenvalue weighted by atomic mass is 16.5. The van der Waals surface area contributed by atoms with E-state index in [9.17, 15) is 4.79 Å². The van der Waals surface area contributed by atoms with Crippen molar-refractivity contribution in [1.29, 1.82) is 0 Å². The zero-order valence-corrected chi connectivity index (χ0v) is 8.93. The summed E-state index contributed by atoms with van der Waals surface area (Å²) in [6.07, 6.45) is 3.78. The van der Waals surface area contributed by atoms with Gasteiger partial charge in [0.15, 0.2) is 0 Å². The maximum atomic E-state index is 11.6. The molecule has 0 N–H and O–H groups in total. The van der Waals surface area contributed by atoms with E-state index < -0.39 is 0 Å². The van der Waals surface area contributed by atoms with Gasteiger partial charge in [0.05, 0.1) is 6.61 Å². The molecule has 0 spiro atoms. The highest BCUT2D eigenvalue weighted by molar-refractivity contribution is 5.74. The van der Waals surface area contributed by atoms with Crippen LogP contribution in [0.1, 0.15) is 26.8 Å². The van der Waals surface area contributed by atoms with Gasteiger partial charge >= 0.3 is 5.97 Å². The lowest BCUT2D eigenvalue weighted by atomic mass is 10.0. The Morgan fingerprint density at radius 2 is 1.93 bits per heavy atom. The summed E-state index contributed by atoms with van der Waals surface area (Å²) >= 11 is 0. The first kappa shape index (κ1) is 10.8. The van der Waals surface area contributed by atoms with Crippen molar-refractivity contribution >= 4 is 5.97 Å². The van der Waals surface area contributed by atoms with Crippen LogP contribution >= 0.6 is 0 Å². The average molecular weight is 195 g/mol. The Kier molecular flexibility index (Phi) is 3.74. The monoisotopic (exact) mass is 195 g/mol. The van der Waals surface area contributed by atoms with Crippen LogP contribution in [0.15, 0.2) is 24.5 Å². The van der Waals surface area contributed by atoms with Crippen LogP contribution in [0, 0.1) is 5.92 Å². The van der Waals surface area contributed by atoms with Crippen molar-refractivity contribution in [2.75, 3.05) is 6.61 Å². The quantitative estimate of drug-likeness (QED) is 0.690. The smallest absolute Gasteiger partial charge is 0.329 e. The Hall–Kier alpha value is -1.25. The molecule has 1 aromatic heterocycles. The molecule has 0 radical (unpaired) electrons. The second-order valence-electron chi connectivity index (χ2n) is 3.57. The van der Waals surface area contributed by atoms with Crippen molar-refractivity contribution in [2.45, 2.75) is 26.8 Å². The number of esters is 1. The first-order valence-corrected chi connectivity index (χ1v) is 4.96. The van der Waals surface area contributed by atoms with Gasteiger partial charge in [-0.3, -0.25) is 0 Å². The average Bonchev–Trinajstić information content (AvgIpc) is 2.57. The predicted molar refractivity (Wildman–Crippen MR) is 54.9 cm³/mol. The molecule has 0 bridgehead atoms. The Balaban J connectivity index is 2.80. The number of ether oxygens (including phenoxy) is 1. The standard InChI is InChI=1S/C11H17NO2/c1-4-14-11(13)10(9(2)3)12-7-5-6-8-12/h5-10H,4H2,1-3H3/t10-/m1/s1. The van der Waals surface area contributed by atoms with E-state index in [0.29, 0.717) is 6.61 Å². The van der Waals surface area contributed by atoms with E-state index in [-0.39, 0.29) is 17.9 Å². The fourth-order valence-corrected chi connectivity index (χ4v) is 1.50. The molecule has 0 aliphatic heterocycles. The Bertz CT molecular complexity index is 277. The third-order valence-electron chi connectivity index (χ3n) is 2.11. The highest BCUT2D eigenvalue weighted by Gasteiger charge is 2.24. The lowest BCUT2D eigenvalue weighted by Crippen LogP contribution is -2.25. The van der Waals surface area contributed by atoms with E-state index in [0.717, 1.165) is 0 Å². The van der Waals surface area contributed by atoms with Crippen molar-refractivity contribution in [1.82, 2.24) is 4.57 Å². The molecule has 0 amide bonds. The molecule has 1 heterocycles. The fourth-order valence-electron chi connectivity index (χ4n) is 1.50. The van der Waals surface area contributed by atoms with Crippen LogP contribution in [0.25, 0.3) is 0 Å². The molecule has 0 aliphatic rings. The van der Waals surface area contributed by atoms with Gasteiger partial charge in [0.1, 0.15) is 6.04 Å². The molecule has 0 saturated heterocycles. The minimum Gasteiger partial charge on any atom is -0.464 e. The van der Waals surface area contributed by atoms with Gasteiger partial charge in [-0.05, 0) is 25.0 Å². The van der Waals surface area contributed by atoms with Crippen molar-refractivity contribution in [3.63, 3.8) is 0 Å². The molecule has 0 unspecified atom stereocenters. The van der Waals surface area contributed by atoms with Gasteiger partial charge in [-0.15, -0.1) is 0 Å². The van der Waals surface area contributed by atoms with Gasteiger partial charge in [0, 0.05) is 12.4 Å². The number of rotatable bonds is 4. The highest BCUT2D eigenvalue weighted by Crippen LogP contribution is 2.19. The minimum atomic E-state index is -0.204. The van der Waals surface area contributed by atoms with Gasteiger partial charge in [-0.2, -0.15) is 0 Å². The summed E-state index contributed by atoms with van der Waals surface area (Å²) in [5.41, 5.74) is 0. The van der Waals surface area contributed by atoms with Gasteiger partial charge in [0.2, 0.25) is 0 Å². The number of hydrogen-bond donors (Lipinski definition) is 0. The third-order valence-corrected chi connectivity index (χ3v) is 2.11. The second-order valence-corrected chi connectivity index (χ2v) is 3.57. The van der Waals surface area contributed by atoms with Crippen LogP contribution < -0.4 is 0 Å². The maximum Gasteiger partial charge on any atom is 0.329 e. The molecule has 0 fully saturated rings. The van der Waals surface area contributed by atoms with Crippen molar-refractivity contribution in [2.24, 2.45) is 5.92 Å².